The van der Waals surface area contributed by atoms with Crippen molar-refractivity contribution in [2.24, 2.45) is 0 Å². The van der Waals surface area contributed by atoms with Crippen LogP contribution < -0.4 is 10.6 Å². The van der Waals surface area contributed by atoms with Crippen LogP contribution in [0.5, 0.6) is 0 Å². The van der Waals surface area contributed by atoms with E-state index in [1.54, 1.807) is 30.3 Å². The number of amides is 2. The number of carbonyl (C=O) groups excluding carboxylic acids is 2. The first-order valence-electron chi connectivity index (χ1n) is 8.68. The molecule has 1 atom stereocenters. The molecule has 0 aliphatic heterocycles. The van der Waals surface area contributed by atoms with Gasteiger partial charge in [-0.3, -0.25) is 9.59 Å². The SMILES string of the molecule is Cc1cc(C(C)NC(=O)c2ccc(C)c(NC(=O)c3ccco3)c2)c(C)o1. The van der Waals surface area contributed by atoms with E-state index in [-0.39, 0.29) is 23.6 Å². The largest absolute Gasteiger partial charge is 0.466 e. The summed E-state index contributed by atoms with van der Waals surface area (Å²) in [4.78, 5) is 24.8. The van der Waals surface area contributed by atoms with Gasteiger partial charge >= 0.3 is 0 Å². The van der Waals surface area contributed by atoms with E-state index in [9.17, 15) is 9.59 Å². The van der Waals surface area contributed by atoms with Gasteiger partial charge in [0.15, 0.2) is 5.76 Å². The van der Waals surface area contributed by atoms with Crippen LogP contribution in [0.4, 0.5) is 5.69 Å². The van der Waals surface area contributed by atoms with Gasteiger partial charge in [0.25, 0.3) is 11.8 Å². The predicted octanol–water partition coefficient (Wildman–Crippen LogP) is 4.54. The van der Waals surface area contributed by atoms with E-state index >= 15 is 0 Å². The number of furan rings is 2. The van der Waals surface area contributed by atoms with Crippen LogP contribution in [0.15, 0.2) is 51.5 Å². The summed E-state index contributed by atoms with van der Waals surface area (Å²) in [7, 11) is 0. The zero-order valence-corrected chi connectivity index (χ0v) is 15.8. The molecule has 0 fully saturated rings. The lowest BCUT2D eigenvalue weighted by atomic mass is 10.1. The molecule has 0 aliphatic rings. The van der Waals surface area contributed by atoms with Gasteiger partial charge in [-0.25, -0.2) is 0 Å². The summed E-state index contributed by atoms with van der Waals surface area (Å²) in [5.74, 6) is 1.22. The van der Waals surface area contributed by atoms with Crippen molar-refractivity contribution in [3.05, 3.63) is 76.6 Å². The molecular weight excluding hydrogens is 344 g/mol. The number of hydrogen-bond acceptors (Lipinski definition) is 4. The zero-order valence-electron chi connectivity index (χ0n) is 15.8. The van der Waals surface area contributed by atoms with Crippen LogP contribution in [0.25, 0.3) is 0 Å². The van der Waals surface area contributed by atoms with E-state index in [4.69, 9.17) is 8.83 Å². The molecule has 1 unspecified atom stereocenters. The number of anilines is 1. The Morgan fingerprint density at radius 2 is 1.81 bits per heavy atom. The average molecular weight is 366 g/mol. The second-order valence-electron chi connectivity index (χ2n) is 6.52. The van der Waals surface area contributed by atoms with E-state index in [2.05, 4.69) is 10.6 Å². The Labute approximate surface area is 157 Å². The van der Waals surface area contributed by atoms with Crippen molar-refractivity contribution in [2.75, 3.05) is 5.32 Å². The molecular formula is C21H22N2O4. The molecule has 0 bridgehead atoms. The highest BCUT2D eigenvalue weighted by Gasteiger charge is 2.17. The monoisotopic (exact) mass is 366 g/mol. The van der Waals surface area contributed by atoms with Gasteiger partial charge in [0, 0.05) is 16.8 Å². The molecule has 2 heterocycles. The second kappa shape index (κ2) is 7.53. The minimum Gasteiger partial charge on any atom is -0.466 e. The van der Waals surface area contributed by atoms with E-state index in [1.807, 2.05) is 33.8 Å². The third-order valence-corrected chi connectivity index (χ3v) is 4.39. The van der Waals surface area contributed by atoms with Gasteiger partial charge in [0.2, 0.25) is 0 Å². The van der Waals surface area contributed by atoms with Gasteiger partial charge in [-0.15, -0.1) is 0 Å². The molecule has 2 aromatic heterocycles. The first kappa shape index (κ1) is 18.5. The Balaban J connectivity index is 1.75. The van der Waals surface area contributed by atoms with Gasteiger partial charge in [-0.05, 0) is 63.6 Å². The molecule has 140 valence electrons. The summed E-state index contributed by atoms with van der Waals surface area (Å²) < 4.78 is 10.6. The minimum atomic E-state index is -0.362. The fourth-order valence-electron chi connectivity index (χ4n) is 2.93. The van der Waals surface area contributed by atoms with Crippen molar-refractivity contribution in [2.45, 2.75) is 33.7 Å². The average Bonchev–Trinajstić information content (AvgIpc) is 3.26. The van der Waals surface area contributed by atoms with Crippen LogP contribution in [-0.4, -0.2) is 11.8 Å². The van der Waals surface area contributed by atoms with Gasteiger partial charge in [0.05, 0.1) is 12.3 Å². The molecule has 0 aliphatic carbocycles. The van der Waals surface area contributed by atoms with Crippen LogP contribution in [0, 0.1) is 20.8 Å². The van der Waals surface area contributed by atoms with Gasteiger partial charge in [-0.2, -0.15) is 0 Å². The maximum Gasteiger partial charge on any atom is 0.291 e. The van der Waals surface area contributed by atoms with Crippen LogP contribution in [0.1, 0.15) is 56.5 Å². The maximum atomic E-state index is 12.7. The van der Waals surface area contributed by atoms with E-state index in [0.717, 1.165) is 22.6 Å². The number of hydrogen-bond donors (Lipinski definition) is 2. The third kappa shape index (κ3) is 4.11. The van der Waals surface area contributed by atoms with Crippen molar-refractivity contribution in [3.63, 3.8) is 0 Å². The molecule has 2 N–H and O–H groups in total. The lowest BCUT2D eigenvalue weighted by Crippen LogP contribution is -2.27. The van der Waals surface area contributed by atoms with Gasteiger partial charge in [-0.1, -0.05) is 6.07 Å². The van der Waals surface area contributed by atoms with Gasteiger partial charge < -0.3 is 19.5 Å². The molecule has 0 radical (unpaired) electrons. The zero-order chi connectivity index (χ0) is 19.6. The second-order valence-corrected chi connectivity index (χ2v) is 6.52. The predicted molar refractivity (Wildman–Crippen MR) is 102 cm³/mol. The molecule has 0 saturated heterocycles. The topological polar surface area (TPSA) is 84.5 Å². The Morgan fingerprint density at radius 3 is 2.44 bits per heavy atom. The maximum absolute atomic E-state index is 12.7. The molecule has 0 saturated carbocycles. The standard InChI is InChI=1S/C21H22N2O4/c1-12-7-8-16(11-18(12)23-21(25)19-6-5-9-26-19)20(24)22-14(3)17-10-13(2)27-15(17)4/h5-11,14H,1-4H3,(H,22,24)(H,23,25). The lowest BCUT2D eigenvalue weighted by molar-refractivity contribution is 0.0938. The van der Waals surface area contributed by atoms with E-state index in [0.29, 0.717) is 11.3 Å². The molecule has 0 spiro atoms. The molecule has 3 rings (SSSR count). The quantitative estimate of drug-likeness (QED) is 0.694. The highest BCUT2D eigenvalue weighted by atomic mass is 16.3. The number of nitrogens with one attached hydrogen (secondary N) is 2. The molecule has 2 amide bonds. The van der Waals surface area contributed by atoms with Gasteiger partial charge in [0.1, 0.15) is 11.5 Å². The molecule has 3 aromatic rings. The summed E-state index contributed by atoms with van der Waals surface area (Å²) in [5.41, 5.74) is 2.81. The van der Waals surface area contributed by atoms with E-state index in [1.165, 1.54) is 6.26 Å². The summed E-state index contributed by atoms with van der Waals surface area (Å²) in [6.07, 6.45) is 1.44. The first-order valence-corrected chi connectivity index (χ1v) is 8.68. The smallest absolute Gasteiger partial charge is 0.291 e. The van der Waals surface area contributed by atoms with Crippen molar-refractivity contribution in [3.8, 4) is 0 Å². The molecule has 6 nitrogen and oxygen atoms in total. The molecule has 27 heavy (non-hydrogen) atoms. The lowest BCUT2D eigenvalue weighted by Gasteiger charge is -2.15. The van der Waals surface area contributed by atoms with Crippen molar-refractivity contribution in [1.82, 2.24) is 5.32 Å². The highest BCUT2D eigenvalue weighted by Crippen LogP contribution is 2.23. The Kier molecular flexibility index (Phi) is 5.16. The van der Waals surface area contributed by atoms with Crippen molar-refractivity contribution in [1.29, 1.82) is 0 Å². The minimum absolute atomic E-state index is 0.197. The molecule has 6 heteroatoms. The Morgan fingerprint density at radius 1 is 1.04 bits per heavy atom. The Hall–Kier alpha value is -3.28. The number of benzene rings is 1. The van der Waals surface area contributed by atoms with E-state index < -0.39 is 0 Å². The number of aryl methyl sites for hydroxylation is 3. The summed E-state index contributed by atoms with van der Waals surface area (Å²) >= 11 is 0. The first-order chi connectivity index (χ1) is 12.8. The van der Waals surface area contributed by atoms with Crippen LogP contribution in [-0.2, 0) is 0 Å². The molecule has 1 aromatic carbocycles. The van der Waals surface area contributed by atoms with Crippen LogP contribution in [0.3, 0.4) is 0 Å². The fraction of sp³-hybridized carbons (Fsp3) is 0.238. The fourth-order valence-corrected chi connectivity index (χ4v) is 2.93. The summed E-state index contributed by atoms with van der Waals surface area (Å²) in [6, 6.07) is 10.1. The van der Waals surface area contributed by atoms with Crippen molar-refractivity contribution >= 4 is 17.5 Å². The van der Waals surface area contributed by atoms with Crippen molar-refractivity contribution < 1.29 is 18.4 Å². The normalized spacial score (nSPS) is 11.9. The van der Waals surface area contributed by atoms with Crippen LogP contribution in [0.2, 0.25) is 0 Å². The number of rotatable bonds is 5. The highest BCUT2D eigenvalue weighted by molar-refractivity contribution is 6.04. The summed E-state index contributed by atoms with van der Waals surface area (Å²) in [5, 5.41) is 5.74. The summed E-state index contributed by atoms with van der Waals surface area (Å²) in [6.45, 7) is 7.51. The third-order valence-electron chi connectivity index (χ3n) is 4.39. The Bertz CT molecular complexity index is 970. The number of carbonyl (C=O) groups is 2. The van der Waals surface area contributed by atoms with Crippen LogP contribution >= 0.6 is 0 Å².